The number of tetrazole rings is 1. The molecule has 2 aromatic rings. The van der Waals surface area contributed by atoms with Crippen molar-refractivity contribution < 1.29 is 9.59 Å². The average Bonchev–Trinajstić information content (AvgIpc) is 2.98. The van der Waals surface area contributed by atoms with Gasteiger partial charge in [0.05, 0.1) is 11.3 Å². The quantitative estimate of drug-likeness (QED) is 0.626. The Morgan fingerprint density at radius 2 is 2.10 bits per heavy atom. The lowest BCUT2D eigenvalue weighted by molar-refractivity contribution is -0.116. The number of hydrogen-bond acceptors (Lipinski definition) is 6. The first-order valence-corrected chi connectivity index (χ1v) is 6.28. The van der Waals surface area contributed by atoms with Crippen molar-refractivity contribution in [3.8, 4) is 0 Å². The summed E-state index contributed by atoms with van der Waals surface area (Å²) in [6, 6.07) is 6.72. The van der Waals surface area contributed by atoms with Crippen LogP contribution in [-0.4, -0.2) is 45.1 Å². The van der Waals surface area contributed by atoms with Crippen molar-refractivity contribution in [3.05, 3.63) is 36.2 Å². The van der Waals surface area contributed by atoms with Gasteiger partial charge in [0.15, 0.2) is 0 Å². The number of anilines is 1. The van der Waals surface area contributed by atoms with Gasteiger partial charge in [0.1, 0.15) is 12.9 Å². The van der Waals surface area contributed by atoms with E-state index in [1.165, 1.54) is 11.0 Å². The van der Waals surface area contributed by atoms with E-state index in [2.05, 4.69) is 26.2 Å². The predicted molar refractivity (Wildman–Crippen MR) is 74.3 cm³/mol. The Kier molecular flexibility index (Phi) is 4.94. The Morgan fingerprint density at radius 1 is 1.29 bits per heavy atom. The van der Waals surface area contributed by atoms with Crippen molar-refractivity contribution in [2.24, 2.45) is 5.73 Å². The summed E-state index contributed by atoms with van der Waals surface area (Å²) >= 11 is 0. The molecule has 0 aliphatic carbocycles. The second kappa shape index (κ2) is 7.10. The highest BCUT2D eigenvalue weighted by atomic mass is 16.2. The SMILES string of the molecule is NCCNC(=O)c1ccccc1NC(=O)Cn1cnnn1. The summed E-state index contributed by atoms with van der Waals surface area (Å²) < 4.78 is 1.28. The van der Waals surface area contributed by atoms with Gasteiger partial charge in [0.2, 0.25) is 5.91 Å². The number of benzene rings is 1. The van der Waals surface area contributed by atoms with Crippen molar-refractivity contribution in [1.82, 2.24) is 25.5 Å². The van der Waals surface area contributed by atoms with Gasteiger partial charge in [-0.25, -0.2) is 4.68 Å². The van der Waals surface area contributed by atoms with Crippen LogP contribution in [0, 0.1) is 0 Å². The summed E-state index contributed by atoms with van der Waals surface area (Å²) in [6.07, 6.45) is 1.33. The van der Waals surface area contributed by atoms with Crippen LogP contribution in [0.15, 0.2) is 30.6 Å². The topological polar surface area (TPSA) is 128 Å². The Hall–Kier alpha value is -2.81. The third-order valence-corrected chi connectivity index (χ3v) is 2.57. The molecular weight excluding hydrogens is 274 g/mol. The van der Waals surface area contributed by atoms with Gasteiger partial charge in [-0.2, -0.15) is 0 Å². The van der Waals surface area contributed by atoms with Gasteiger partial charge in [0, 0.05) is 13.1 Å². The zero-order chi connectivity index (χ0) is 15.1. The smallest absolute Gasteiger partial charge is 0.253 e. The van der Waals surface area contributed by atoms with E-state index in [4.69, 9.17) is 5.73 Å². The molecule has 21 heavy (non-hydrogen) atoms. The van der Waals surface area contributed by atoms with Gasteiger partial charge < -0.3 is 16.4 Å². The molecule has 110 valence electrons. The fourth-order valence-corrected chi connectivity index (χ4v) is 1.66. The third-order valence-electron chi connectivity index (χ3n) is 2.57. The Bertz CT molecular complexity index is 612. The Morgan fingerprint density at radius 3 is 2.81 bits per heavy atom. The van der Waals surface area contributed by atoms with Gasteiger partial charge in [-0.3, -0.25) is 9.59 Å². The lowest BCUT2D eigenvalue weighted by Gasteiger charge is -2.10. The third kappa shape index (κ3) is 4.08. The molecule has 1 aromatic heterocycles. The monoisotopic (exact) mass is 289 g/mol. The summed E-state index contributed by atoms with van der Waals surface area (Å²) in [7, 11) is 0. The number of rotatable bonds is 6. The molecule has 0 radical (unpaired) electrons. The van der Waals surface area contributed by atoms with Gasteiger partial charge >= 0.3 is 0 Å². The zero-order valence-corrected chi connectivity index (χ0v) is 11.2. The maximum Gasteiger partial charge on any atom is 0.253 e. The van der Waals surface area contributed by atoms with E-state index in [0.29, 0.717) is 24.3 Å². The molecular formula is C12H15N7O2. The molecule has 0 aliphatic rings. The minimum atomic E-state index is -0.332. The molecule has 0 aliphatic heterocycles. The number of hydrogen-bond donors (Lipinski definition) is 3. The minimum absolute atomic E-state index is 0.0360. The van der Waals surface area contributed by atoms with E-state index >= 15 is 0 Å². The first kappa shape index (κ1) is 14.6. The van der Waals surface area contributed by atoms with Crippen molar-refractivity contribution >= 4 is 17.5 Å². The number of carbonyl (C=O) groups excluding carboxylic acids is 2. The van der Waals surface area contributed by atoms with Crippen molar-refractivity contribution in [1.29, 1.82) is 0 Å². The molecule has 1 aromatic carbocycles. The highest BCUT2D eigenvalue weighted by Gasteiger charge is 2.13. The highest BCUT2D eigenvalue weighted by Crippen LogP contribution is 2.14. The summed E-state index contributed by atoms with van der Waals surface area (Å²) in [4.78, 5) is 23.9. The second-order valence-corrected chi connectivity index (χ2v) is 4.15. The molecule has 2 rings (SSSR count). The lowest BCUT2D eigenvalue weighted by Crippen LogP contribution is -2.30. The number of carbonyl (C=O) groups is 2. The normalized spacial score (nSPS) is 10.1. The van der Waals surface area contributed by atoms with Crippen LogP contribution < -0.4 is 16.4 Å². The Balaban J connectivity index is 2.05. The molecule has 2 amide bonds. The summed E-state index contributed by atoms with van der Waals surface area (Å²) in [5.74, 6) is -0.625. The molecule has 0 bridgehead atoms. The molecule has 9 nitrogen and oxygen atoms in total. The minimum Gasteiger partial charge on any atom is -0.351 e. The second-order valence-electron chi connectivity index (χ2n) is 4.15. The van der Waals surface area contributed by atoms with Crippen LogP contribution >= 0.6 is 0 Å². The zero-order valence-electron chi connectivity index (χ0n) is 11.2. The molecule has 0 spiro atoms. The van der Waals surface area contributed by atoms with Crippen LogP contribution in [0.5, 0.6) is 0 Å². The first-order chi connectivity index (χ1) is 10.2. The standard InChI is InChI=1S/C12H15N7O2/c13-5-6-14-12(21)9-3-1-2-4-10(9)16-11(20)7-19-8-15-17-18-19/h1-4,8H,5-7,13H2,(H,14,21)(H,16,20). The number of para-hydroxylation sites is 1. The molecule has 0 saturated heterocycles. The number of nitrogens with zero attached hydrogens (tertiary/aromatic N) is 4. The molecule has 4 N–H and O–H groups in total. The fraction of sp³-hybridized carbons (Fsp3) is 0.250. The number of nitrogens with two attached hydrogens (primary N) is 1. The largest absolute Gasteiger partial charge is 0.351 e. The summed E-state index contributed by atoms with van der Waals surface area (Å²) in [5.41, 5.74) is 6.14. The maximum atomic E-state index is 12.0. The molecule has 0 fully saturated rings. The van der Waals surface area contributed by atoms with Gasteiger partial charge in [-0.1, -0.05) is 12.1 Å². The number of amides is 2. The maximum absolute atomic E-state index is 12.0. The van der Waals surface area contributed by atoms with Gasteiger partial charge in [-0.05, 0) is 22.6 Å². The highest BCUT2D eigenvalue weighted by molar-refractivity contribution is 6.03. The van der Waals surface area contributed by atoms with Crippen LogP contribution in [0.2, 0.25) is 0 Å². The van der Waals surface area contributed by atoms with E-state index in [9.17, 15) is 9.59 Å². The van der Waals surface area contributed by atoms with Crippen LogP contribution in [-0.2, 0) is 11.3 Å². The van der Waals surface area contributed by atoms with E-state index in [-0.39, 0.29) is 18.4 Å². The van der Waals surface area contributed by atoms with Crippen molar-refractivity contribution in [2.75, 3.05) is 18.4 Å². The Labute approximate surface area is 120 Å². The van der Waals surface area contributed by atoms with Crippen molar-refractivity contribution in [2.45, 2.75) is 6.54 Å². The molecule has 9 heteroatoms. The molecule has 0 atom stereocenters. The summed E-state index contributed by atoms with van der Waals surface area (Å²) in [5, 5.41) is 15.8. The van der Waals surface area contributed by atoms with Crippen LogP contribution in [0.4, 0.5) is 5.69 Å². The molecule has 0 saturated carbocycles. The first-order valence-electron chi connectivity index (χ1n) is 6.28. The van der Waals surface area contributed by atoms with Crippen molar-refractivity contribution in [3.63, 3.8) is 0 Å². The van der Waals surface area contributed by atoms with Crippen LogP contribution in [0.25, 0.3) is 0 Å². The van der Waals surface area contributed by atoms with E-state index in [1.807, 2.05) is 0 Å². The van der Waals surface area contributed by atoms with Crippen LogP contribution in [0.3, 0.4) is 0 Å². The molecule has 0 unspecified atom stereocenters. The fourth-order valence-electron chi connectivity index (χ4n) is 1.66. The average molecular weight is 289 g/mol. The van der Waals surface area contributed by atoms with Gasteiger partial charge in [-0.15, -0.1) is 5.10 Å². The van der Waals surface area contributed by atoms with E-state index in [0.717, 1.165) is 0 Å². The van der Waals surface area contributed by atoms with E-state index in [1.54, 1.807) is 24.3 Å². The lowest BCUT2D eigenvalue weighted by atomic mass is 10.1. The molecule has 1 heterocycles. The summed E-state index contributed by atoms with van der Waals surface area (Å²) in [6.45, 7) is 0.678. The van der Waals surface area contributed by atoms with Crippen LogP contribution in [0.1, 0.15) is 10.4 Å². The van der Waals surface area contributed by atoms with E-state index < -0.39 is 0 Å². The predicted octanol–water partition coefficient (Wildman–Crippen LogP) is -1.000. The number of aromatic nitrogens is 4. The number of nitrogens with one attached hydrogen (secondary N) is 2. The van der Waals surface area contributed by atoms with Gasteiger partial charge in [0.25, 0.3) is 5.91 Å².